The second kappa shape index (κ2) is 7.62. The SMILES string of the molecule is Cc1ccc(-c2nn(C[NH+]3CCN(c4ccc(F)cc4)CC3)c(=S)o2)cc1. The van der Waals surface area contributed by atoms with Crippen LogP contribution in [0.4, 0.5) is 10.1 Å². The van der Waals surface area contributed by atoms with Gasteiger partial charge in [0.25, 0.3) is 4.84 Å². The van der Waals surface area contributed by atoms with Crippen LogP contribution in [0.2, 0.25) is 0 Å². The zero-order valence-corrected chi connectivity index (χ0v) is 16.0. The molecule has 27 heavy (non-hydrogen) atoms. The first-order chi connectivity index (χ1) is 13.1. The van der Waals surface area contributed by atoms with Crippen molar-refractivity contribution < 1.29 is 13.7 Å². The summed E-state index contributed by atoms with van der Waals surface area (Å²) >= 11 is 5.35. The van der Waals surface area contributed by atoms with Crippen molar-refractivity contribution in [3.63, 3.8) is 0 Å². The van der Waals surface area contributed by atoms with Crippen LogP contribution in [0.25, 0.3) is 11.5 Å². The highest BCUT2D eigenvalue weighted by Gasteiger charge is 2.21. The predicted molar refractivity (Wildman–Crippen MR) is 105 cm³/mol. The molecule has 3 aromatic rings. The monoisotopic (exact) mass is 385 g/mol. The molecule has 0 aliphatic carbocycles. The first-order valence-electron chi connectivity index (χ1n) is 9.07. The van der Waals surface area contributed by atoms with Crippen molar-refractivity contribution in [2.75, 3.05) is 31.1 Å². The molecule has 1 fully saturated rings. The maximum absolute atomic E-state index is 13.1. The van der Waals surface area contributed by atoms with Gasteiger partial charge < -0.3 is 14.2 Å². The summed E-state index contributed by atoms with van der Waals surface area (Å²) in [5.74, 6) is 0.358. The molecule has 0 atom stereocenters. The molecule has 7 heteroatoms. The zero-order valence-electron chi connectivity index (χ0n) is 15.2. The Morgan fingerprint density at radius 1 is 1.07 bits per heavy atom. The number of anilines is 1. The van der Waals surface area contributed by atoms with Crippen LogP contribution in [0.5, 0.6) is 0 Å². The number of nitrogens with zero attached hydrogens (tertiary/aromatic N) is 3. The third kappa shape index (κ3) is 4.09. The highest BCUT2D eigenvalue weighted by atomic mass is 32.1. The van der Waals surface area contributed by atoms with Gasteiger partial charge in [0.2, 0.25) is 5.89 Å². The van der Waals surface area contributed by atoms with Gasteiger partial charge in [-0.1, -0.05) is 17.7 Å². The summed E-state index contributed by atoms with van der Waals surface area (Å²) < 4.78 is 20.6. The Hall–Kier alpha value is -2.51. The van der Waals surface area contributed by atoms with Crippen LogP contribution in [0.1, 0.15) is 5.56 Å². The van der Waals surface area contributed by atoms with Gasteiger partial charge in [-0.2, -0.15) is 4.68 Å². The number of benzene rings is 2. The number of hydrogen-bond donors (Lipinski definition) is 1. The summed E-state index contributed by atoms with van der Waals surface area (Å²) in [4.78, 5) is 4.08. The van der Waals surface area contributed by atoms with Gasteiger partial charge in [0, 0.05) is 11.3 Å². The molecule has 140 valence electrons. The van der Waals surface area contributed by atoms with Gasteiger partial charge in [0.05, 0.1) is 26.2 Å². The first kappa shape index (κ1) is 17.9. The molecule has 0 amide bonds. The second-order valence-electron chi connectivity index (χ2n) is 6.91. The maximum Gasteiger partial charge on any atom is 0.292 e. The minimum atomic E-state index is -0.201. The van der Waals surface area contributed by atoms with E-state index in [9.17, 15) is 4.39 Å². The van der Waals surface area contributed by atoms with Gasteiger partial charge in [0.1, 0.15) is 5.82 Å². The molecule has 4 rings (SSSR count). The van der Waals surface area contributed by atoms with E-state index in [1.54, 1.807) is 4.68 Å². The number of hydrogen-bond acceptors (Lipinski definition) is 4. The third-order valence-corrected chi connectivity index (χ3v) is 5.23. The van der Waals surface area contributed by atoms with E-state index in [1.807, 2.05) is 43.3 Å². The molecule has 2 heterocycles. The number of piperazine rings is 1. The summed E-state index contributed by atoms with van der Waals surface area (Å²) in [7, 11) is 0. The summed E-state index contributed by atoms with van der Waals surface area (Å²) in [6.45, 7) is 6.49. The van der Waals surface area contributed by atoms with Gasteiger partial charge in [-0.05, 0) is 55.5 Å². The quantitative estimate of drug-likeness (QED) is 0.701. The normalized spacial score (nSPS) is 15.3. The van der Waals surface area contributed by atoms with Crippen molar-refractivity contribution in [1.29, 1.82) is 0 Å². The summed E-state index contributed by atoms with van der Waals surface area (Å²) in [5, 5.41) is 4.56. The Kier molecular flexibility index (Phi) is 5.05. The molecule has 1 aliphatic rings. The fraction of sp³-hybridized carbons (Fsp3) is 0.300. The lowest BCUT2D eigenvalue weighted by molar-refractivity contribution is -0.924. The predicted octanol–water partition coefficient (Wildman–Crippen LogP) is 2.68. The van der Waals surface area contributed by atoms with E-state index in [4.69, 9.17) is 16.6 Å². The van der Waals surface area contributed by atoms with E-state index in [2.05, 4.69) is 10.00 Å². The standard InChI is InChI=1S/C20H21FN4OS/c1-15-2-4-16(5-3-15)19-22-25(20(27)26-19)14-23-10-12-24(13-11-23)18-8-6-17(21)7-9-18/h2-9H,10-14H2,1H3/p+1. The van der Waals surface area contributed by atoms with Crippen LogP contribution in [-0.2, 0) is 6.67 Å². The molecule has 2 aromatic carbocycles. The van der Waals surface area contributed by atoms with Crippen molar-refractivity contribution in [3.8, 4) is 11.5 Å². The lowest BCUT2D eigenvalue weighted by atomic mass is 10.1. The summed E-state index contributed by atoms with van der Waals surface area (Å²) in [5.41, 5.74) is 3.19. The van der Waals surface area contributed by atoms with Crippen molar-refractivity contribution in [2.24, 2.45) is 0 Å². The molecule has 1 N–H and O–H groups in total. The Morgan fingerprint density at radius 2 is 1.74 bits per heavy atom. The van der Waals surface area contributed by atoms with E-state index in [-0.39, 0.29) is 5.82 Å². The van der Waals surface area contributed by atoms with Crippen LogP contribution in [0.15, 0.2) is 52.9 Å². The number of aryl methyl sites for hydroxylation is 1. The molecule has 1 aromatic heterocycles. The number of quaternary nitrogens is 1. The Labute approximate surface area is 162 Å². The lowest BCUT2D eigenvalue weighted by Gasteiger charge is -2.33. The van der Waals surface area contributed by atoms with Crippen molar-refractivity contribution in [1.82, 2.24) is 9.78 Å². The van der Waals surface area contributed by atoms with Crippen LogP contribution in [-0.4, -0.2) is 36.0 Å². The summed E-state index contributed by atoms with van der Waals surface area (Å²) in [6.07, 6.45) is 0. The maximum atomic E-state index is 13.1. The van der Waals surface area contributed by atoms with E-state index in [0.29, 0.717) is 17.4 Å². The molecule has 5 nitrogen and oxygen atoms in total. The third-order valence-electron chi connectivity index (χ3n) is 4.94. The number of aromatic nitrogens is 2. The van der Waals surface area contributed by atoms with Crippen LogP contribution in [0, 0.1) is 17.6 Å². The smallest absolute Gasteiger partial charge is 0.292 e. The highest BCUT2D eigenvalue weighted by Crippen LogP contribution is 2.18. The average Bonchev–Trinajstić information content (AvgIpc) is 3.04. The zero-order chi connectivity index (χ0) is 18.8. The molecular weight excluding hydrogens is 363 g/mol. The van der Waals surface area contributed by atoms with Crippen LogP contribution in [0.3, 0.4) is 0 Å². The molecule has 0 radical (unpaired) electrons. The van der Waals surface area contributed by atoms with Gasteiger partial charge in [0.15, 0.2) is 6.67 Å². The second-order valence-corrected chi connectivity index (χ2v) is 7.26. The molecule has 1 aliphatic heterocycles. The minimum absolute atomic E-state index is 0.201. The van der Waals surface area contributed by atoms with Crippen molar-refractivity contribution in [2.45, 2.75) is 13.6 Å². The molecule has 1 saturated heterocycles. The van der Waals surface area contributed by atoms with E-state index in [0.717, 1.165) is 37.4 Å². The molecule has 0 bridgehead atoms. The molecule has 0 saturated carbocycles. The average molecular weight is 385 g/mol. The fourth-order valence-corrected chi connectivity index (χ4v) is 3.51. The molecular formula is C20H22FN4OS+. The number of halogens is 1. The topological polar surface area (TPSA) is 38.6 Å². The Bertz CT molecular complexity index is 957. The molecule has 0 spiro atoms. The van der Waals surface area contributed by atoms with E-state index in [1.165, 1.54) is 22.6 Å². The lowest BCUT2D eigenvalue weighted by Crippen LogP contribution is -3.14. The minimum Gasteiger partial charge on any atom is -0.409 e. The van der Waals surface area contributed by atoms with Crippen molar-refractivity contribution >= 4 is 17.9 Å². The first-order valence-corrected chi connectivity index (χ1v) is 9.48. The molecule has 0 unspecified atom stereocenters. The van der Waals surface area contributed by atoms with Gasteiger partial charge in [-0.25, -0.2) is 4.39 Å². The van der Waals surface area contributed by atoms with Gasteiger partial charge >= 0.3 is 0 Å². The largest absolute Gasteiger partial charge is 0.409 e. The number of rotatable bonds is 4. The number of nitrogens with one attached hydrogen (secondary N) is 1. The van der Waals surface area contributed by atoms with Gasteiger partial charge in [-0.15, -0.1) is 5.10 Å². The fourth-order valence-electron chi connectivity index (χ4n) is 3.32. The van der Waals surface area contributed by atoms with Gasteiger partial charge in [-0.3, -0.25) is 0 Å². The van der Waals surface area contributed by atoms with E-state index >= 15 is 0 Å². The summed E-state index contributed by atoms with van der Waals surface area (Å²) in [6, 6.07) is 14.7. The Morgan fingerprint density at radius 3 is 2.41 bits per heavy atom. The van der Waals surface area contributed by atoms with E-state index < -0.39 is 0 Å². The Balaban J connectivity index is 1.40. The highest BCUT2D eigenvalue weighted by molar-refractivity contribution is 7.71. The van der Waals surface area contributed by atoms with Crippen LogP contribution >= 0.6 is 12.2 Å². The van der Waals surface area contributed by atoms with Crippen molar-refractivity contribution in [3.05, 3.63) is 64.7 Å². The van der Waals surface area contributed by atoms with Crippen LogP contribution < -0.4 is 9.80 Å².